The van der Waals surface area contributed by atoms with Gasteiger partial charge in [-0.25, -0.2) is 13.1 Å². The highest BCUT2D eigenvalue weighted by molar-refractivity contribution is 7.89. The second-order valence-corrected chi connectivity index (χ2v) is 7.24. The Labute approximate surface area is 124 Å². The highest BCUT2D eigenvalue weighted by Crippen LogP contribution is 2.24. The molecule has 1 aromatic carbocycles. The van der Waals surface area contributed by atoms with E-state index in [9.17, 15) is 13.5 Å². The highest BCUT2D eigenvalue weighted by Gasteiger charge is 2.31. The van der Waals surface area contributed by atoms with E-state index >= 15 is 0 Å². The zero-order valence-electron chi connectivity index (χ0n) is 11.2. The van der Waals surface area contributed by atoms with E-state index in [4.69, 9.17) is 16.3 Å². The van der Waals surface area contributed by atoms with Crippen molar-refractivity contribution in [2.75, 3.05) is 19.8 Å². The maximum Gasteiger partial charge on any atom is 0.242 e. The van der Waals surface area contributed by atoms with Crippen LogP contribution in [0.4, 0.5) is 0 Å². The number of aryl methyl sites for hydroxylation is 1. The molecule has 5 nitrogen and oxygen atoms in total. The molecule has 1 heterocycles. The van der Waals surface area contributed by atoms with Gasteiger partial charge in [0.05, 0.1) is 10.6 Å². The van der Waals surface area contributed by atoms with E-state index < -0.39 is 15.6 Å². The Morgan fingerprint density at radius 3 is 2.65 bits per heavy atom. The van der Waals surface area contributed by atoms with Gasteiger partial charge in [0.15, 0.2) is 0 Å². The average Bonchev–Trinajstić information content (AvgIpc) is 2.37. The average molecular weight is 320 g/mol. The zero-order valence-corrected chi connectivity index (χ0v) is 12.8. The third-order valence-corrected chi connectivity index (χ3v) is 5.28. The van der Waals surface area contributed by atoms with Crippen LogP contribution in [0.15, 0.2) is 23.1 Å². The fourth-order valence-electron chi connectivity index (χ4n) is 2.06. The van der Waals surface area contributed by atoms with Crippen LogP contribution < -0.4 is 4.72 Å². The maximum atomic E-state index is 12.2. The van der Waals surface area contributed by atoms with Gasteiger partial charge in [0, 0.05) is 32.6 Å². The van der Waals surface area contributed by atoms with Crippen molar-refractivity contribution in [2.24, 2.45) is 0 Å². The summed E-state index contributed by atoms with van der Waals surface area (Å²) in [5.74, 6) is 0. The topological polar surface area (TPSA) is 75.6 Å². The van der Waals surface area contributed by atoms with Crippen LogP contribution in [0, 0.1) is 6.92 Å². The maximum absolute atomic E-state index is 12.2. The van der Waals surface area contributed by atoms with E-state index in [1.165, 1.54) is 6.07 Å². The summed E-state index contributed by atoms with van der Waals surface area (Å²) in [5.41, 5.74) is -0.167. The SMILES string of the molecule is Cc1ccc(S(=O)(=O)NCC2(O)CCOCC2)c(Cl)c1. The Balaban J connectivity index is 2.11. The molecule has 1 saturated heterocycles. The van der Waals surface area contributed by atoms with Crippen molar-refractivity contribution >= 4 is 21.6 Å². The molecule has 112 valence electrons. The highest BCUT2D eigenvalue weighted by atomic mass is 35.5. The van der Waals surface area contributed by atoms with Gasteiger partial charge in [-0.1, -0.05) is 17.7 Å². The summed E-state index contributed by atoms with van der Waals surface area (Å²) < 4.78 is 32.0. The van der Waals surface area contributed by atoms with Gasteiger partial charge >= 0.3 is 0 Å². The first-order valence-corrected chi connectivity index (χ1v) is 8.24. The summed E-state index contributed by atoms with van der Waals surface area (Å²) in [6.45, 7) is 2.66. The standard InChI is InChI=1S/C13H18ClNO4S/c1-10-2-3-12(11(14)8-10)20(17,18)15-9-13(16)4-6-19-7-5-13/h2-3,8,15-16H,4-7,9H2,1H3. The number of hydrogen-bond donors (Lipinski definition) is 2. The van der Waals surface area contributed by atoms with E-state index in [0.29, 0.717) is 26.1 Å². The summed E-state index contributed by atoms with van der Waals surface area (Å²) in [6.07, 6.45) is 0.828. The predicted molar refractivity (Wildman–Crippen MR) is 76.4 cm³/mol. The van der Waals surface area contributed by atoms with Crippen molar-refractivity contribution in [3.63, 3.8) is 0 Å². The minimum absolute atomic E-state index is 0.0282. The minimum Gasteiger partial charge on any atom is -0.388 e. The molecule has 2 N–H and O–H groups in total. The van der Waals surface area contributed by atoms with Crippen molar-refractivity contribution in [1.29, 1.82) is 0 Å². The Morgan fingerprint density at radius 1 is 1.40 bits per heavy atom. The molecule has 0 amide bonds. The second-order valence-electron chi connectivity index (χ2n) is 5.10. The smallest absolute Gasteiger partial charge is 0.242 e. The number of ether oxygens (including phenoxy) is 1. The second kappa shape index (κ2) is 5.99. The number of benzene rings is 1. The molecule has 7 heteroatoms. The van der Waals surface area contributed by atoms with Crippen LogP contribution in [0.1, 0.15) is 18.4 Å². The van der Waals surface area contributed by atoms with Crippen molar-refractivity contribution in [3.05, 3.63) is 28.8 Å². The molecule has 0 spiro atoms. The molecule has 1 fully saturated rings. The Bertz CT molecular complexity index is 582. The first-order chi connectivity index (χ1) is 9.32. The molecule has 0 unspecified atom stereocenters. The first-order valence-electron chi connectivity index (χ1n) is 6.38. The molecule has 0 aliphatic carbocycles. The van der Waals surface area contributed by atoms with Crippen LogP contribution in [0.3, 0.4) is 0 Å². The number of hydrogen-bond acceptors (Lipinski definition) is 4. The van der Waals surface area contributed by atoms with Gasteiger partial charge in [0.1, 0.15) is 4.90 Å². The third-order valence-electron chi connectivity index (χ3n) is 3.39. The van der Waals surface area contributed by atoms with E-state index in [1.54, 1.807) is 12.1 Å². The number of nitrogens with one attached hydrogen (secondary N) is 1. The minimum atomic E-state index is -3.73. The fourth-order valence-corrected chi connectivity index (χ4v) is 3.78. The Morgan fingerprint density at radius 2 is 2.05 bits per heavy atom. The van der Waals surface area contributed by atoms with Crippen molar-refractivity contribution in [2.45, 2.75) is 30.3 Å². The normalized spacial score (nSPS) is 18.9. The van der Waals surface area contributed by atoms with Crippen LogP contribution in [0.5, 0.6) is 0 Å². The largest absolute Gasteiger partial charge is 0.388 e. The quantitative estimate of drug-likeness (QED) is 0.881. The van der Waals surface area contributed by atoms with E-state index in [-0.39, 0.29) is 16.5 Å². The Hall–Kier alpha value is -0.660. The number of halogens is 1. The summed E-state index contributed by atoms with van der Waals surface area (Å²) in [4.78, 5) is 0.0282. The molecule has 20 heavy (non-hydrogen) atoms. The molecule has 1 aliphatic rings. The van der Waals surface area contributed by atoms with Crippen molar-refractivity contribution < 1.29 is 18.3 Å². The predicted octanol–water partition coefficient (Wildman–Crippen LogP) is 1.47. The number of rotatable bonds is 4. The van der Waals surface area contributed by atoms with Crippen LogP contribution in [-0.2, 0) is 14.8 Å². The molecular weight excluding hydrogens is 302 g/mol. The lowest BCUT2D eigenvalue weighted by atomic mass is 9.95. The van der Waals surface area contributed by atoms with Gasteiger partial charge in [-0.05, 0) is 24.6 Å². The zero-order chi connectivity index (χ0) is 14.8. The van der Waals surface area contributed by atoms with Gasteiger partial charge in [-0.2, -0.15) is 0 Å². The molecule has 1 aliphatic heterocycles. The third kappa shape index (κ3) is 3.71. The fraction of sp³-hybridized carbons (Fsp3) is 0.538. The van der Waals surface area contributed by atoms with Gasteiger partial charge in [0.25, 0.3) is 0 Å². The number of aliphatic hydroxyl groups is 1. The van der Waals surface area contributed by atoms with Gasteiger partial charge in [-0.3, -0.25) is 0 Å². The molecule has 0 atom stereocenters. The summed E-state index contributed by atoms with van der Waals surface area (Å²) in [6, 6.07) is 4.75. The first kappa shape index (κ1) is 15.7. The lowest BCUT2D eigenvalue weighted by molar-refractivity contribution is -0.0588. The summed E-state index contributed by atoms with van der Waals surface area (Å²) >= 11 is 5.97. The molecule has 0 radical (unpaired) electrons. The molecular formula is C13H18ClNO4S. The van der Waals surface area contributed by atoms with E-state index in [0.717, 1.165) is 5.56 Å². The van der Waals surface area contributed by atoms with Crippen LogP contribution >= 0.6 is 11.6 Å². The molecule has 0 saturated carbocycles. The van der Waals surface area contributed by atoms with Gasteiger partial charge in [0.2, 0.25) is 10.0 Å². The summed E-state index contributed by atoms with van der Waals surface area (Å²) in [7, 11) is -3.73. The van der Waals surface area contributed by atoms with Crippen LogP contribution in [0.25, 0.3) is 0 Å². The van der Waals surface area contributed by atoms with Crippen molar-refractivity contribution in [1.82, 2.24) is 4.72 Å². The summed E-state index contributed by atoms with van der Waals surface area (Å²) in [5, 5.41) is 10.4. The van der Waals surface area contributed by atoms with E-state index in [1.807, 2.05) is 6.92 Å². The Kier molecular flexibility index (Phi) is 4.71. The van der Waals surface area contributed by atoms with Crippen LogP contribution in [0.2, 0.25) is 5.02 Å². The monoisotopic (exact) mass is 319 g/mol. The molecule has 0 aromatic heterocycles. The lowest BCUT2D eigenvalue weighted by Crippen LogP contribution is -2.46. The van der Waals surface area contributed by atoms with Crippen molar-refractivity contribution in [3.8, 4) is 0 Å². The number of sulfonamides is 1. The molecule has 1 aromatic rings. The lowest BCUT2D eigenvalue weighted by Gasteiger charge is -2.32. The van der Waals surface area contributed by atoms with Crippen LogP contribution in [-0.4, -0.2) is 38.9 Å². The van der Waals surface area contributed by atoms with Gasteiger partial charge in [-0.15, -0.1) is 0 Å². The molecule has 2 rings (SSSR count). The van der Waals surface area contributed by atoms with E-state index in [2.05, 4.69) is 4.72 Å². The molecule has 0 bridgehead atoms. The van der Waals surface area contributed by atoms with Gasteiger partial charge < -0.3 is 9.84 Å².